The van der Waals surface area contributed by atoms with Crippen LogP contribution in [0.15, 0.2) is 30.3 Å². The summed E-state index contributed by atoms with van der Waals surface area (Å²) in [6, 6.07) is 7.72. The molecule has 38 heavy (non-hydrogen) atoms. The second-order valence-corrected chi connectivity index (χ2v) is 11.8. The van der Waals surface area contributed by atoms with E-state index in [2.05, 4.69) is 21.3 Å². The zero-order chi connectivity index (χ0) is 27.9. The summed E-state index contributed by atoms with van der Waals surface area (Å²) in [5.74, 6) is -2.94. The molecule has 1 heterocycles. The maximum Gasteiger partial charge on any atom is 0.289 e. The molecule has 2 fully saturated rings. The number of hydrogen-bond donors (Lipinski definition) is 4. The quantitative estimate of drug-likeness (QED) is 0.293. The summed E-state index contributed by atoms with van der Waals surface area (Å²) < 4.78 is 0. The van der Waals surface area contributed by atoms with Gasteiger partial charge in [-0.1, -0.05) is 58.0 Å². The van der Waals surface area contributed by atoms with Crippen molar-refractivity contribution in [2.24, 2.45) is 11.3 Å². The first-order valence-electron chi connectivity index (χ1n) is 13.7. The molecular formula is C29H42N4O5. The molecule has 9 heteroatoms. The molecule has 4 N–H and O–H groups in total. The molecule has 1 aliphatic heterocycles. The Morgan fingerprint density at radius 1 is 1.00 bits per heavy atom. The lowest BCUT2D eigenvalue weighted by atomic mass is 9.87. The van der Waals surface area contributed by atoms with E-state index in [-0.39, 0.29) is 42.0 Å². The predicted molar refractivity (Wildman–Crippen MR) is 144 cm³/mol. The fourth-order valence-electron chi connectivity index (χ4n) is 4.82. The van der Waals surface area contributed by atoms with E-state index in [1.54, 1.807) is 0 Å². The van der Waals surface area contributed by atoms with Crippen LogP contribution >= 0.6 is 0 Å². The van der Waals surface area contributed by atoms with Gasteiger partial charge < -0.3 is 21.3 Å². The number of rotatable bonds is 13. The molecule has 9 nitrogen and oxygen atoms in total. The third kappa shape index (κ3) is 8.96. The van der Waals surface area contributed by atoms with Crippen molar-refractivity contribution >= 4 is 29.4 Å². The van der Waals surface area contributed by atoms with E-state index in [0.29, 0.717) is 19.4 Å². The van der Waals surface area contributed by atoms with Gasteiger partial charge >= 0.3 is 0 Å². The third-order valence-electron chi connectivity index (χ3n) is 7.12. The van der Waals surface area contributed by atoms with Crippen molar-refractivity contribution in [1.29, 1.82) is 0 Å². The highest BCUT2D eigenvalue weighted by Gasteiger charge is 2.37. The zero-order valence-corrected chi connectivity index (χ0v) is 23.0. The third-order valence-corrected chi connectivity index (χ3v) is 7.12. The van der Waals surface area contributed by atoms with Crippen molar-refractivity contribution in [3.05, 3.63) is 35.9 Å². The van der Waals surface area contributed by atoms with E-state index in [4.69, 9.17) is 0 Å². The van der Waals surface area contributed by atoms with Gasteiger partial charge in [0, 0.05) is 24.9 Å². The fraction of sp³-hybridized carbons (Fsp3) is 0.621. The molecular weight excluding hydrogens is 484 g/mol. The highest BCUT2D eigenvalue weighted by Crippen LogP contribution is 2.25. The van der Waals surface area contributed by atoms with E-state index in [0.717, 1.165) is 24.8 Å². The van der Waals surface area contributed by atoms with Crippen LogP contribution in [0.5, 0.6) is 0 Å². The van der Waals surface area contributed by atoms with E-state index in [9.17, 15) is 24.0 Å². The van der Waals surface area contributed by atoms with Crippen LogP contribution in [0.1, 0.15) is 84.1 Å². The molecule has 0 bridgehead atoms. The number of ketones is 1. The van der Waals surface area contributed by atoms with Crippen LogP contribution < -0.4 is 21.3 Å². The Bertz CT molecular complexity index is 1020. The van der Waals surface area contributed by atoms with Gasteiger partial charge in [0.2, 0.25) is 23.5 Å². The second-order valence-electron chi connectivity index (χ2n) is 11.8. The molecule has 1 unspecified atom stereocenters. The van der Waals surface area contributed by atoms with E-state index >= 15 is 0 Å². The summed E-state index contributed by atoms with van der Waals surface area (Å²) in [6.07, 6.45) is 3.54. The first kappa shape index (κ1) is 29.3. The van der Waals surface area contributed by atoms with Crippen molar-refractivity contribution in [2.45, 2.75) is 96.7 Å². The van der Waals surface area contributed by atoms with Gasteiger partial charge in [0.15, 0.2) is 0 Å². The van der Waals surface area contributed by atoms with Crippen LogP contribution in [0.2, 0.25) is 0 Å². The van der Waals surface area contributed by atoms with Crippen molar-refractivity contribution in [2.75, 3.05) is 6.54 Å². The van der Waals surface area contributed by atoms with Gasteiger partial charge in [0.1, 0.15) is 6.04 Å². The molecule has 2 aliphatic rings. The van der Waals surface area contributed by atoms with Crippen molar-refractivity contribution in [3.63, 3.8) is 0 Å². The smallest absolute Gasteiger partial charge is 0.289 e. The van der Waals surface area contributed by atoms with Crippen LogP contribution in [0.25, 0.3) is 0 Å². The molecule has 1 aromatic carbocycles. The van der Waals surface area contributed by atoms with Gasteiger partial charge in [-0.15, -0.1) is 0 Å². The summed E-state index contributed by atoms with van der Waals surface area (Å²) in [5.41, 5.74) is 0.761. The summed E-state index contributed by atoms with van der Waals surface area (Å²) in [6.45, 7) is 8.41. The molecule has 1 aliphatic carbocycles. The topological polar surface area (TPSA) is 133 Å². The summed E-state index contributed by atoms with van der Waals surface area (Å²) in [7, 11) is 0. The van der Waals surface area contributed by atoms with E-state index in [1.165, 1.54) is 0 Å². The molecule has 4 amide bonds. The molecule has 0 spiro atoms. The summed E-state index contributed by atoms with van der Waals surface area (Å²) in [5, 5.41) is 11.0. The number of nitrogens with one attached hydrogen (secondary N) is 4. The van der Waals surface area contributed by atoms with Gasteiger partial charge in [-0.25, -0.2) is 0 Å². The van der Waals surface area contributed by atoms with Crippen molar-refractivity contribution in [1.82, 2.24) is 21.3 Å². The first-order chi connectivity index (χ1) is 18.0. The minimum absolute atomic E-state index is 0.0101. The Morgan fingerprint density at radius 2 is 1.68 bits per heavy atom. The van der Waals surface area contributed by atoms with Crippen molar-refractivity contribution < 1.29 is 24.0 Å². The van der Waals surface area contributed by atoms with Crippen LogP contribution in [-0.2, 0) is 24.0 Å². The Morgan fingerprint density at radius 3 is 2.24 bits per heavy atom. The number of Topliss-reactive ketones (excluding diaryl/α,β-unsaturated/α-hetero) is 1. The molecule has 1 aromatic rings. The fourth-order valence-corrected chi connectivity index (χ4v) is 4.82. The molecule has 0 radical (unpaired) electrons. The molecule has 1 saturated heterocycles. The molecule has 4 atom stereocenters. The SMILES string of the molecule is CC[C@@H](CC(=O)N[C@@H](CC(C)(C)C)C(=O)NC(C[C@@H]1CCNC1=O)C(=O)C(=O)NC1CC1)c1ccccc1. The van der Waals surface area contributed by atoms with Gasteiger partial charge in [-0.05, 0) is 55.4 Å². The Kier molecular flexibility index (Phi) is 10.1. The standard InChI is InChI=1S/C29H42N4O5/c1-5-18(19-9-7-6-8-10-19)16-24(34)32-23(17-29(2,3)4)27(37)33-22(15-20-13-14-30-26(20)36)25(35)28(38)31-21-11-12-21/h6-10,18,20-23H,5,11-17H2,1-4H3,(H,30,36)(H,31,38)(H,32,34)(H,33,37)/t18-,20-,22?,23-/m0/s1. The largest absolute Gasteiger partial charge is 0.356 e. The summed E-state index contributed by atoms with van der Waals surface area (Å²) in [4.78, 5) is 64.4. The maximum atomic E-state index is 13.5. The maximum absolute atomic E-state index is 13.5. The highest BCUT2D eigenvalue weighted by atomic mass is 16.2. The van der Waals surface area contributed by atoms with Crippen LogP contribution in [-0.4, -0.2) is 54.1 Å². The predicted octanol–water partition coefficient (Wildman–Crippen LogP) is 2.35. The van der Waals surface area contributed by atoms with Gasteiger partial charge in [-0.3, -0.25) is 24.0 Å². The second kappa shape index (κ2) is 13.0. The Labute approximate surface area is 225 Å². The first-order valence-corrected chi connectivity index (χ1v) is 13.7. The van der Waals surface area contributed by atoms with Crippen LogP contribution in [0, 0.1) is 11.3 Å². The van der Waals surface area contributed by atoms with Crippen LogP contribution in [0.4, 0.5) is 0 Å². The minimum atomic E-state index is -1.15. The lowest BCUT2D eigenvalue weighted by molar-refractivity contribution is -0.141. The Balaban J connectivity index is 1.72. The van der Waals surface area contributed by atoms with Gasteiger partial charge in [0.25, 0.3) is 5.91 Å². The highest BCUT2D eigenvalue weighted by molar-refractivity contribution is 6.38. The summed E-state index contributed by atoms with van der Waals surface area (Å²) >= 11 is 0. The number of benzene rings is 1. The van der Waals surface area contributed by atoms with Crippen molar-refractivity contribution in [3.8, 4) is 0 Å². The molecule has 1 saturated carbocycles. The molecule has 3 rings (SSSR count). The zero-order valence-electron chi connectivity index (χ0n) is 23.0. The van der Waals surface area contributed by atoms with Gasteiger partial charge in [0.05, 0.1) is 6.04 Å². The lowest BCUT2D eigenvalue weighted by Gasteiger charge is -2.28. The average molecular weight is 527 g/mol. The number of carbonyl (C=O) groups is 5. The molecule has 0 aromatic heterocycles. The minimum Gasteiger partial charge on any atom is -0.356 e. The number of hydrogen-bond acceptors (Lipinski definition) is 5. The number of carbonyl (C=O) groups excluding carboxylic acids is 5. The normalized spacial score (nSPS) is 19.6. The van der Waals surface area contributed by atoms with Gasteiger partial charge in [-0.2, -0.15) is 0 Å². The number of amides is 4. The van der Waals surface area contributed by atoms with E-state index in [1.807, 2.05) is 58.0 Å². The van der Waals surface area contributed by atoms with Crippen LogP contribution in [0.3, 0.4) is 0 Å². The molecule has 208 valence electrons. The van der Waals surface area contributed by atoms with E-state index < -0.39 is 35.6 Å². The monoisotopic (exact) mass is 526 g/mol. The average Bonchev–Trinajstić information content (AvgIpc) is 3.59. The Hall–Kier alpha value is -3.23. The lowest BCUT2D eigenvalue weighted by Crippen LogP contribution is -2.55.